The van der Waals surface area contributed by atoms with Crippen LogP contribution in [0.25, 0.3) is 10.9 Å². The van der Waals surface area contributed by atoms with Crippen molar-refractivity contribution in [3.8, 4) is 11.5 Å². The van der Waals surface area contributed by atoms with Crippen LogP contribution in [0.1, 0.15) is 12.1 Å². The fraction of sp³-hybridized carbons (Fsp3) is 0.423. The van der Waals surface area contributed by atoms with Gasteiger partial charge in [0, 0.05) is 55.8 Å². The van der Waals surface area contributed by atoms with E-state index in [1.807, 2.05) is 6.07 Å². The van der Waals surface area contributed by atoms with Crippen molar-refractivity contribution in [2.75, 3.05) is 40.0 Å². The maximum Gasteiger partial charge on any atom is 0.311 e. The second-order valence-electron chi connectivity index (χ2n) is 9.17. The number of aromatic nitrogens is 2. The minimum atomic E-state index is -0.741. The normalized spacial score (nSPS) is 19.6. The lowest BCUT2D eigenvalue weighted by Gasteiger charge is -2.37. The molecule has 1 saturated heterocycles. The number of esters is 1. The summed E-state index contributed by atoms with van der Waals surface area (Å²) < 4.78 is 45.6. The second kappa shape index (κ2) is 10.8. The van der Waals surface area contributed by atoms with Gasteiger partial charge in [-0.25, -0.2) is 8.78 Å². The van der Waals surface area contributed by atoms with E-state index >= 15 is 0 Å². The van der Waals surface area contributed by atoms with Gasteiger partial charge in [0.1, 0.15) is 24.8 Å². The number of nitrogens with one attached hydrogen (secondary N) is 1. The number of methoxy groups -OCH3 is 1. The highest BCUT2D eigenvalue weighted by molar-refractivity contribution is 5.79. The molecule has 2 aliphatic heterocycles. The predicted octanol–water partition coefficient (Wildman–Crippen LogP) is 2.10. The summed E-state index contributed by atoms with van der Waals surface area (Å²) in [7, 11) is 1.36. The van der Waals surface area contributed by atoms with Crippen LogP contribution in [-0.2, 0) is 22.6 Å². The number of rotatable bonds is 7. The Morgan fingerprint density at radius 1 is 1.16 bits per heavy atom. The van der Waals surface area contributed by atoms with E-state index in [-0.39, 0.29) is 35.0 Å². The number of halogens is 2. The van der Waals surface area contributed by atoms with Crippen molar-refractivity contribution in [1.82, 2.24) is 19.8 Å². The molecule has 0 aliphatic carbocycles. The Kier molecular flexibility index (Phi) is 7.33. The zero-order valence-corrected chi connectivity index (χ0v) is 20.4. The number of fused-ring (bicyclic) bond motifs is 2. The van der Waals surface area contributed by atoms with Gasteiger partial charge in [-0.2, -0.15) is 0 Å². The van der Waals surface area contributed by atoms with Gasteiger partial charge in [0.05, 0.1) is 30.4 Å². The minimum Gasteiger partial charge on any atom is -0.486 e. The summed E-state index contributed by atoms with van der Waals surface area (Å²) >= 11 is 0. The second-order valence-corrected chi connectivity index (χ2v) is 9.17. The molecule has 5 rings (SSSR count). The summed E-state index contributed by atoms with van der Waals surface area (Å²) in [4.78, 5) is 31.6. The number of likely N-dealkylation sites (tertiary alicyclic amines) is 1. The van der Waals surface area contributed by atoms with Gasteiger partial charge in [-0.1, -0.05) is 0 Å². The molecule has 0 radical (unpaired) electrons. The molecule has 1 aromatic carbocycles. The first kappa shape index (κ1) is 25.1. The minimum absolute atomic E-state index is 0.137. The summed E-state index contributed by atoms with van der Waals surface area (Å²) in [6.45, 7) is 3.17. The number of benzene rings is 1. The van der Waals surface area contributed by atoms with E-state index in [9.17, 15) is 18.4 Å². The van der Waals surface area contributed by atoms with Crippen LogP contribution in [0.3, 0.4) is 0 Å². The highest BCUT2D eigenvalue weighted by Gasteiger charge is 2.35. The van der Waals surface area contributed by atoms with Gasteiger partial charge >= 0.3 is 5.97 Å². The SMILES string of the molecule is COC(=O)[C@H]1CN(CCn2c(=O)ccc3c(F)cc(F)cc32)CC[C@H]1NCc1cc2c(cn1)OCCO2. The largest absolute Gasteiger partial charge is 0.486 e. The molecule has 1 N–H and O–H groups in total. The summed E-state index contributed by atoms with van der Waals surface area (Å²) in [6, 6.07) is 6.31. The first-order chi connectivity index (χ1) is 17.9. The maximum atomic E-state index is 14.2. The number of carbonyl (C=O) groups excluding carboxylic acids is 1. The molecule has 196 valence electrons. The average molecular weight is 515 g/mol. The Morgan fingerprint density at radius 2 is 1.97 bits per heavy atom. The number of hydrogen-bond donors (Lipinski definition) is 1. The number of nitrogens with zero attached hydrogens (tertiary/aromatic N) is 3. The van der Waals surface area contributed by atoms with Gasteiger partial charge in [-0.3, -0.25) is 14.6 Å². The summed E-state index contributed by atoms with van der Waals surface area (Å²) in [5, 5.41) is 3.61. The lowest BCUT2D eigenvalue weighted by Crippen LogP contribution is -2.53. The van der Waals surface area contributed by atoms with E-state index in [1.165, 1.54) is 29.9 Å². The van der Waals surface area contributed by atoms with Gasteiger partial charge < -0.3 is 29.0 Å². The summed E-state index contributed by atoms with van der Waals surface area (Å²) in [6.07, 6.45) is 2.30. The van der Waals surface area contributed by atoms with Crippen LogP contribution < -0.4 is 20.3 Å². The van der Waals surface area contributed by atoms with Crippen molar-refractivity contribution in [2.45, 2.75) is 25.6 Å². The Labute approximate surface area is 211 Å². The van der Waals surface area contributed by atoms with Gasteiger partial charge in [0.2, 0.25) is 0 Å². The van der Waals surface area contributed by atoms with Crippen LogP contribution in [0, 0.1) is 17.6 Å². The molecule has 2 aliphatic rings. The molecule has 0 saturated carbocycles. The van der Waals surface area contributed by atoms with Gasteiger partial charge in [-0.05, 0) is 25.1 Å². The topological polar surface area (TPSA) is 94.9 Å². The molecule has 37 heavy (non-hydrogen) atoms. The van der Waals surface area contributed by atoms with Crippen LogP contribution in [0.15, 0.2) is 41.3 Å². The molecular formula is C26H28F2N4O5. The number of pyridine rings is 2. The Balaban J connectivity index is 1.25. The van der Waals surface area contributed by atoms with Crippen molar-refractivity contribution in [3.05, 3.63) is 64.2 Å². The smallest absolute Gasteiger partial charge is 0.311 e. The molecule has 1 fully saturated rings. The molecule has 0 spiro atoms. The third-order valence-electron chi connectivity index (χ3n) is 6.89. The number of ether oxygens (including phenoxy) is 3. The standard InChI is InChI=1S/C26H28F2N4O5/c1-35-26(34)19-15-31(6-7-32-22-11-16(27)10-20(28)18(22)2-3-25(32)33)5-4-21(19)30-13-17-12-23-24(14-29-17)37-9-8-36-23/h2-3,10-12,14,19,21,30H,4-9,13,15H2,1H3/t19-,21+/m0/s1. The molecule has 0 bridgehead atoms. The first-order valence-electron chi connectivity index (χ1n) is 12.2. The van der Waals surface area contributed by atoms with Crippen LogP contribution in [0.4, 0.5) is 8.78 Å². The Bertz CT molecular complexity index is 1360. The Morgan fingerprint density at radius 3 is 2.78 bits per heavy atom. The molecule has 0 unspecified atom stereocenters. The Hall–Kier alpha value is -3.57. The third kappa shape index (κ3) is 5.42. The maximum absolute atomic E-state index is 14.2. The fourth-order valence-corrected chi connectivity index (χ4v) is 4.97. The van der Waals surface area contributed by atoms with Crippen molar-refractivity contribution < 1.29 is 27.8 Å². The highest BCUT2D eigenvalue weighted by atomic mass is 19.1. The number of carbonyl (C=O) groups is 1. The molecule has 2 atom stereocenters. The van der Waals surface area contributed by atoms with Crippen LogP contribution in [-0.4, -0.2) is 66.4 Å². The van der Waals surface area contributed by atoms with Crippen LogP contribution in [0.2, 0.25) is 0 Å². The fourth-order valence-electron chi connectivity index (χ4n) is 4.97. The molecule has 3 aromatic rings. The molecule has 4 heterocycles. The lowest BCUT2D eigenvalue weighted by molar-refractivity contribution is -0.148. The quantitative estimate of drug-likeness (QED) is 0.479. The van der Waals surface area contributed by atoms with Crippen LogP contribution >= 0.6 is 0 Å². The van der Waals surface area contributed by atoms with Crippen molar-refractivity contribution in [1.29, 1.82) is 0 Å². The average Bonchev–Trinajstić information content (AvgIpc) is 2.91. The van der Waals surface area contributed by atoms with E-state index in [0.29, 0.717) is 57.3 Å². The van der Waals surface area contributed by atoms with Crippen molar-refractivity contribution in [2.24, 2.45) is 5.92 Å². The van der Waals surface area contributed by atoms with Gasteiger partial charge in [0.25, 0.3) is 5.56 Å². The monoisotopic (exact) mass is 514 g/mol. The van der Waals surface area contributed by atoms with E-state index in [2.05, 4.69) is 15.2 Å². The van der Waals surface area contributed by atoms with Gasteiger partial charge in [-0.15, -0.1) is 0 Å². The zero-order chi connectivity index (χ0) is 25.9. The van der Waals surface area contributed by atoms with Gasteiger partial charge in [0.15, 0.2) is 11.5 Å². The summed E-state index contributed by atoms with van der Waals surface area (Å²) in [5.41, 5.74) is 0.633. The molecule has 9 nitrogen and oxygen atoms in total. The van der Waals surface area contributed by atoms with Crippen molar-refractivity contribution in [3.63, 3.8) is 0 Å². The summed E-state index contributed by atoms with van der Waals surface area (Å²) in [5.74, 6) is -0.949. The predicted molar refractivity (Wildman–Crippen MR) is 131 cm³/mol. The van der Waals surface area contributed by atoms with Crippen molar-refractivity contribution >= 4 is 16.9 Å². The van der Waals surface area contributed by atoms with E-state index < -0.39 is 17.6 Å². The number of piperidine rings is 1. The molecular weight excluding hydrogens is 486 g/mol. The number of hydrogen-bond acceptors (Lipinski definition) is 8. The zero-order valence-electron chi connectivity index (χ0n) is 20.4. The molecule has 2 aromatic heterocycles. The van der Waals surface area contributed by atoms with E-state index in [1.54, 1.807) is 6.20 Å². The molecule has 0 amide bonds. The third-order valence-corrected chi connectivity index (χ3v) is 6.89. The van der Waals surface area contributed by atoms with E-state index in [0.717, 1.165) is 11.8 Å². The van der Waals surface area contributed by atoms with Crippen LogP contribution in [0.5, 0.6) is 11.5 Å². The highest BCUT2D eigenvalue weighted by Crippen LogP contribution is 2.29. The lowest BCUT2D eigenvalue weighted by atomic mass is 9.92. The molecule has 11 heteroatoms. The van der Waals surface area contributed by atoms with E-state index in [4.69, 9.17) is 14.2 Å². The first-order valence-corrected chi connectivity index (χ1v) is 12.2.